The van der Waals surface area contributed by atoms with Crippen molar-refractivity contribution in [1.29, 1.82) is 0 Å². The number of hydrogen-bond acceptors (Lipinski definition) is 3. The van der Waals surface area contributed by atoms with E-state index in [2.05, 4.69) is 13.8 Å². The molecule has 2 aliphatic rings. The van der Waals surface area contributed by atoms with Crippen molar-refractivity contribution in [3.05, 3.63) is 35.4 Å². The standard InChI is InChI=1S/C21H30N2O3/c1-15(2)17-4-6-18(7-5-17)20(26)22-10-8-21(9-11-22)14-23(16(3)25)12-19(21)13-24/h4-7,15,19,24H,8-14H2,1-3H3. The summed E-state index contributed by atoms with van der Waals surface area (Å²) in [7, 11) is 0. The van der Waals surface area contributed by atoms with Gasteiger partial charge in [-0.1, -0.05) is 26.0 Å². The fraction of sp³-hybridized carbons (Fsp3) is 0.619. The van der Waals surface area contributed by atoms with Crippen molar-refractivity contribution in [2.45, 2.75) is 39.5 Å². The number of hydrogen-bond donors (Lipinski definition) is 1. The molecule has 2 heterocycles. The Hall–Kier alpha value is -1.88. The number of rotatable bonds is 3. The quantitative estimate of drug-likeness (QED) is 0.903. The van der Waals surface area contributed by atoms with Crippen LogP contribution in [0.4, 0.5) is 0 Å². The lowest BCUT2D eigenvalue weighted by atomic mass is 9.71. The van der Waals surface area contributed by atoms with E-state index in [0.29, 0.717) is 32.1 Å². The van der Waals surface area contributed by atoms with Gasteiger partial charge in [0.05, 0.1) is 0 Å². The largest absolute Gasteiger partial charge is 0.396 e. The minimum absolute atomic E-state index is 0.0430. The topological polar surface area (TPSA) is 60.9 Å². The Morgan fingerprint density at radius 2 is 1.77 bits per heavy atom. The van der Waals surface area contributed by atoms with E-state index in [4.69, 9.17) is 0 Å². The van der Waals surface area contributed by atoms with Crippen LogP contribution in [0.2, 0.25) is 0 Å². The van der Waals surface area contributed by atoms with E-state index in [-0.39, 0.29) is 29.8 Å². The first-order valence-corrected chi connectivity index (χ1v) is 9.62. The van der Waals surface area contributed by atoms with Gasteiger partial charge in [-0.2, -0.15) is 0 Å². The Morgan fingerprint density at radius 1 is 1.15 bits per heavy atom. The van der Waals surface area contributed by atoms with Gasteiger partial charge in [0.25, 0.3) is 5.91 Å². The number of benzene rings is 1. The molecule has 5 heteroatoms. The van der Waals surface area contributed by atoms with Crippen LogP contribution in [0, 0.1) is 11.3 Å². The zero-order valence-corrected chi connectivity index (χ0v) is 16.1. The van der Waals surface area contributed by atoms with Crippen LogP contribution in [0.1, 0.15) is 55.5 Å². The van der Waals surface area contributed by atoms with E-state index in [0.717, 1.165) is 18.4 Å². The molecule has 1 atom stereocenters. The highest BCUT2D eigenvalue weighted by atomic mass is 16.3. The molecule has 1 N–H and O–H groups in total. The van der Waals surface area contributed by atoms with Crippen LogP contribution in [-0.2, 0) is 4.79 Å². The maximum atomic E-state index is 12.8. The average Bonchev–Trinajstić information content (AvgIpc) is 3.00. The molecular weight excluding hydrogens is 328 g/mol. The Kier molecular flexibility index (Phi) is 5.37. The van der Waals surface area contributed by atoms with E-state index in [1.54, 1.807) is 6.92 Å². The number of nitrogens with zero attached hydrogens (tertiary/aromatic N) is 2. The van der Waals surface area contributed by atoms with Gasteiger partial charge < -0.3 is 14.9 Å². The third-order valence-electron chi connectivity index (χ3n) is 6.35. The lowest BCUT2D eigenvalue weighted by molar-refractivity contribution is -0.128. The maximum absolute atomic E-state index is 12.8. The molecule has 26 heavy (non-hydrogen) atoms. The number of carbonyl (C=O) groups is 2. The van der Waals surface area contributed by atoms with E-state index in [9.17, 15) is 14.7 Å². The van der Waals surface area contributed by atoms with Crippen molar-refractivity contribution in [3.63, 3.8) is 0 Å². The summed E-state index contributed by atoms with van der Waals surface area (Å²) >= 11 is 0. The fourth-order valence-corrected chi connectivity index (χ4v) is 4.44. The number of piperidine rings is 1. The number of carbonyl (C=O) groups excluding carboxylic acids is 2. The van der Waals surface area contributed by atoms with Gasteiger partial charge in [-0.05, 0) is 41.9 Å². The molecule has 1 aromatic carbocycles. The van der Waals surface area contributed by atoms with Crippen molar-refractivity contribution in [2.75, 3.05) is 32.8 Å². The summed E-state index contributed by atoms with van der Waals surface area (Å²) in [5, 5.41) is 9.79. The van der Waals surface area contributed by atoms with E-state index >= 15 is 0 Å². The van der Waals surface area contributed by atoms with Crippen LogP contribution in [-0.4, -0.2) is 59.5 Å². The van der Waals surface area contributed by atoms with Crippen molar-refractivity contribution >= 4 is 11.8 Å². The molecule has 5 nitrogen and oxygen atoms in total. The van der Waals surface area contributed by atoms with Crippen molar-refractivity contribution in [2.24, 2.45) is 11.3 Å². The predicted octanol–water partition coefficient (Wildman–Crippen LogP) is 2.50. The van der Waals surface area contributed by atoms with Gasteiger partial charge in [0.15, 0.2) is 0 Å². The first-order chi connectivity index (χ1) is 12.4. The highest BCUT2D eigenvalue weighted by molar-refractivity contribution is 5.94. The lowest BCUT2D eigenvalue weighted by Gasteiger charge is -2.42. The number of aliphatic hydroxyl groups is 1. The van der Waals surface area contributed by atoms with Crippen molar-refractivity contribution < 1.29 is 14.7 Å². The Bertz CT molecular complexity index is 660. The number of amides is 2. The second-order valence-corrected chi connectivity index (χ2v) is 8.21. The molecule has 0 saturated carbocycles. The molecule has 1 aromatic rings. The Balaban J connectivity index is 1.66. The van der Waals surface area contributed by atoms with Crippen LogP contribution in [0.3, 0.4) is 0 Å². The number of likely N-dealkylation sites (tertiary alicyclic amines) is 2. The molecular formula is C21H30N2O3. The monoisotopic (exact) mass is 358 g/mol. The maximum Gasteiger partial charge on any atom is 0.253 e. The molecule has 0 aliphatic carbocycles. The molecule has 2 amide bonds. The van der Waals surface area contributed by atoms with Gasteiger partial charge in [-0.15, -0.1) is 0 Å². The Labute approximate surface area is 156 Å². The van der Waals surface area contributed by atoms with Crippen LogP contribution in [0.15, 0.2) is 24.3 Å². The van der Waals surface area contributed by atoms with E-state index < -0.39 is 0 Å². The summed E-state index contributed by atoms with van der Waals surface area (Å²) in [6.45, 7) is 8.70. The fourth-order valence-electron chi connectivity index (χ4n) is 4.44. The zero-order chi connectivity index (χ0) is 18.9. The minimum atomic E-state index is -0.0430. The van der Waals surface area contributed by atoms with Crippen LogP contribution < -0.4 is 0 Å². The summed E-state index contributed by atoms with van der Waals surface area (Å²) in [6.07, 6.45) is 1.69. The second-order valence-electron chi connectivity index (χ2n) is 8.21. The van der Waals surface area contributed by atoms with Gasteiger partial charge in [-0.25, -0.2) is 0 Å². The molecule has 3 rings (SSSR count). The highest BCUT2D eigenvalue weighted by Crippen LogP contribution is 2.44. The lowest BCUT2D eigenvalue weighted by Crippen LogP contribution is -2.47. The smallest absolute Gasteiger partial charge is 0.253 e. The SMILES string of the molecule is CC(=O)N1CC(CO)C2(CCN(C(=O)c3ccc(C(C)C)cc3)CC2)C1. The van der Waals surface area contributed by atoms with Gasteiger partial charge in [0, 0.05) is 51.2 Å². The second kappa shape index (κ2) is 7.39. The number of aliphatic hydroxyl groups excluding tert-OH is 1. The summed E-state index contributed by atoms with van der Waals surface area (Å²) in [6, 6.07) is 7.91. The van der Waals surface area contributed by atoms with Gasteiger partial charge in [0.1, 0.15) is 0 Å². The minimum Gasteiger partial charge on any atom is -0.396 e. The molecule has 0 bridgehead atoms. The van der Waals surface area contributed by atoms with Crippen molar-refractivity contribution in [1.82, 2.24) is 9.80 Å². The van der Waals surface area contributed by atoms with Crippen LogP contribution in [0.5, 0.6) is 0 Å². The molecule has 1 unspecified atom stereocenters. The summed E-state index contributed by atoms with van der Waals surface area (Å²) in [4.78, 5) is 28.3. The molecule has 2 fully saturated rings. The van der Waals surface area contributed by atoms with E-state index in [1.165, 1.54) is 5.56 Å². The zero-order valence-electron chi connectivity index (χ0n) is 16.1. The summed E-state index contributed by atoms with van der Waals surface area (Å²) in [5.41, 5.74) is 1.93. The average molecular weight is 358 g/mol. The first-order valence-electron chi connectivity index (χ1n) is 9.62. The Morgan fingerprint density at radius 3 is 2.27 bits per heavy atom. The molecule has 2 aliphatic heterocycles. The predicted molar refractivity (Wildman–Crippen MR) is 101 cm³/mol. The first kappa shape index (κ1) is 18.9. The molecule has 0 aromatic heterocycles. The highest BCUT2D eigenvalue weighted by Gasteiger charge is 2.48. The molecule has 2 saturated heterocycles. The van der Waals surface area contributed by atoms with E-state index in [1.807, 2.05) is 34.1 Å². The van der Waals surface area contributed by atoms with Crippen molar-refractivity contribution in [3.8, 4) is 0 Å². The van der Waals surface area contributed by atoms with Crippen LogP contribution >= 0.6 is 0 Å². The summed E-state index contributed by atoms with van der Waals surface area (Å²) in [5.74, 6) is 0.728. The molecule has 142 valence electrons. The van der Waals surface area contributed by atoms with Crippen LogP contribution in [0.25, 0.3) is 0 Å². The molecule has 1 spiro atoms. The summed E-state index contributed by atoms with van der Waals surface area (Å²) < 4.78 is 0. The normalized spacial score (nSPS) is 22.3. The third kappa shape index (κ3) is 3.50. The van der Waals surface area contributed by atoms with Gasteiger partial charge >= 0.3 is 0 Å². The van der Waals surface area contributed by atoms with Gasteiger partial charge in [0.2, 0.25) is 5.91 Å². The molecule has 0 radical (unpaired) electrons. The van der Waals surface area contributed by atoms with Gasteiger partial charge in [-0.3, -0.25) is 9.59 Å². The third-order valence-corrected chi connectivity index (χ3v) is 6.35.